The molecule has 21 heavy (non-hydrogen) atoms. The molecule has 2 heterocycles. The molecule has 4 nitrogen and oxygen atoms in total. The van der Waals surface area contributed by atoms with Crippen molar-refractivity contribution in [2.45, 2.75) is 39.7 Å². The van der Waals surface area contributed by atoms with Crippen molar-refractivity contribution in [3.05, 3.63) is 30.1 Å². The van der Waals surface area contributed by atoms with Crippen molar-refractivity contribution in [1.82, 2.24) is 13.6 Å². The summed E-state index contributed by atoms with van der Waals surface area (Å²) in [6.45, 7) is 13.0. The lowest BCUT2D eigenvalue weighted by molar-refractivity contribution is 0.0144. The van der Waals surface area contributed by atoms with Crippen LogP contribution >= 0.6 is 11.7 Å². The van der Waals surface area contributed by atoms with Crippen molar-refractivity contribution in [3.8, 4) is 0 Å². The largest absolute Gasteiger partial charge is 0.379 e. The molecule has 1 aromatic heterocycles. The molecule has 0 radical (unpaired) electrons. The third-order valence-electron chi connectivity index (χ3n) is 4.14. The number of allylic oxidation sites excluding steroid dienone is 2. The number of aromatic nitrogens is 2. The fourth-order valence-corrected chi connectivity index (χ4v) is 3.48. The Morgan fingerprint density at radius 3 is 2.71 bits per heavy atom. The quantitative estimate of drug-likeness (QED) is 0.754. The average Bonchev–Trinajstić information content (AvgIpc) is 2.91. The number of piperidine rings is 1. The van der Waals surface area contributed by atoms with Crippen molar-refractivity contribution in [2.75, 3.05) is 19.7 Å². The summed E-state index contributed by atoms with van der Waals surface area (Å²) >= 11 is 1.27. The molecule has 0 aromatic carbocycles. The Labute approximate surface area is 131 Å². The summed E-state index contributed by atoms with van der Waals surface area (Å²) in [5.41, 5.74) is 3.15. The fourth-order valence-electron chi connectivity index (χ4n) is 2.92. The summed E-state index contributed by atoms with van der Waals surface area (Å²) < 4.78 is 14.5. The molecule has 1 aliphatic heterocycles. The van der Waals surface area contributed by atoms with Gasteiger partial charge < -0.3 is 9.64 Å². The Bertz CT molecular complexity index is 489. The topological polar surface area (TPSA) is 38.2 Å². The first-order valence-corrected chi connectivity index (χ1v) is 8.39. The van der Waals surface area contributed by atoms with Crippen LogP contribution in [0.1, 0.15) is 38.1 Å². The molecular formula is C16H25N3OS. The van der Waals surface area contributed by atoms with Crippen LogP contribution < -0.4 is 0 Å². The molecule has 1 fully saturated rings. The molecule has 0 spiro atoms. The molecule has 1 aromatic rings. The van der Waals surface area contributed by atoms with Gasteiger partial charge in [0, 0.05) is 19.7 Å². The summed E-state index contributed by atoms with van der Waals surface area (Å²) in [4.78, 5) is 2.40. The summed E-state index contributed by atoms with van der Waals surface area (Å²) in [6, 6.07) is 0. The maximum atomic E-state index is 5.75. The summed E-state index contributed by atoms with van der Waals surface area (Å²) in [5.74, 6) is 0.654. The third kappa shape index (κ3) is 3.92. The van der Waals surface area contributed by atoms with E-state index in [1.54, 1.807) is 0 Å². The van der Waals surface area contributed by atoms with Crippen LogP contribution in [0.2, 0.25) is 0 Å². The first-order chi connectivity index (χ1) is 10.2. The van der Waals surface area contributed by atoms with E-state index in [2.05, 4.69) is 40.1 Å². The number of ether oxygens (including phenoxy) is 1. The Kier molecular flexibility index (Phi) is 5.94. The van der Waals surface area contributed by atoms with Gasteiger partial charge in [0.25, 0.3) is 0 Å². The highest BCUT2D eigenvalue weighted by Crippen LogP contribution is 2.29. The van der Waals surface area contributed by atoms with Gasteiger partial charge in [-0.1, -0.05) is 12.7 Å². The molecule has 1 saturated heterocycles. The Hall–Kier alpha value is -1.20. The number of hydrogen-bond donors (Lipinski definition) is 0. The molecule has 116 valence electrons. The molecule has 0 aliphatic carbocycles. The van der Waals surface area contributed by atoms with Crippen LogP contribution in [-0.4, -0.2) is 39.4 Å². The molecule has 0 N–H and O–H groups in total. The highest BCUT2D eigenvalue weighted by molar-refractivity contribution is 6.99. The number of likely N-dealkylation sites (tertiary alicyclic amines) is 1. The second-order valence-electron chi connectivity index (χ2n) is 5.47. The lowest BCUT2D eigenvalue weighted by Crippen LogP contribution is -2.37. The van der Waals surface area contributed by atoms with Gasteiger partial charge in [-0.3, -0.25) is 0 Å². The van der Waals surface area contributed by atoms with E-state index < -0.39 is 0 Å². The van der Waals surface area contributed by atoms with Gasteiger partial charge in [0.2, 0.25) is 0 Å². The van der Waals surface area contributed by atoms with E-state index in [1.165, 1.54) is 11.7 Å². The summed E-state index contributed by atoms with van der Waals surface area (Å²) in [5, 5.41) is 0. The fraction of sp³-hybridized carbons (Fsp3) is 0.625. The molecule has 1 unspecified atom stereocenters. The predicted molar refractivity (Wildman–Crippen MR) is 88.2 cm³/mol. The zero-order valence-corrected chi connectivity index (χ0v) is 14.0. The predicted octanol–water partition coefficient (Wildman–Crippen LogP) is 3.51. The van der Waals surface area contributed by atoms with Crippen molar-refractivity contribution >= 4 is 17.4 Å². The van der Waals surface area contributed by atoms with E-state index in [4.69, 9.17) is 4.74 Å². The van der Waals surface area contributed by atoms with Crippen LogP contribution in [0.25, 0.3) is 5.70 Å². The molecule has 2 rings (SSSR count). The van der Waals surface area contributed by atoms with Crippen LogP contribution in [0.5, 0.6) is 0 Å². The van der Waals surface area contributed by atoms with E-state index in [0.29, 0.717) is 12.0 Å². The van der Waals surface area contributed by atoms with E-state index >= 15 is 0 Å². The minimum atomic E-state index is 0.353. The molecule has 1 atom stereocenters. The Morgan fingerprint density at radius 1 is 1.48 bits per heavy atom. The third-order valence-corrected chi connectivity index (χ3v) is 4.76. The van der Waals surface area contributed by atoms with E-state index in [0.717, 1.165) is 49.6 Å². The van der Waals surface area contributed by atoms with Gasteiger partial charge in [-0.2, -0.15) is 8.75 Å². The first-order valence-electron chi connectivity index (χ1n) is 7.66. The molecule has 0 saturated carbocycles. The van der Waals surface area contributed by atoms with Gasteiger partial charge >= 0.3 is 0 Å². The Morgan fingerprint density at radius 2 is 2.19 bits per heavy atom. The number of hydrogen-bond acceptors (Lipinski definition) is 5. The van der Waals surface area contributed by atoms with Gasteiger partial charge in [0.1, 0.15) is 5.69 Å². The van der Waals surface area contributed by atoms with Crippen LogP contribution in [0.15, 0.2) is 18.7 Å². The van der Waals surface area contributed by atoms with Crippen molar-refractivity contribution < 1.29 is 4.74 Å². The Balaban J connectivity index is 2.04. The van der Waals surface area contributed by atoms with Gasteiger partial charge in [-0.15, -0.1) is 0 Å². The highest BCUT2D eigenvalue weighted by atomic mass is 32.1. The lowest BCUT2D eigenvalue weighted by atomic mass is 9.91. The highest BCUT2D eigenvalue weighted by Gasteiger charge is 2.26. The first kappa shape index (κ1) is 16.2. The van der Waals surface area contributed by atoms with Gasteiger partial charge in [0.05, 0.1) is 29.2 Å². The van der Waals surface area contributed by atoms with Gasteiger partial charge in [-0.25, -0.2) is 0 Å². The monoisotopic (exact) mass is 307 g/mol. The minimum Gasteiger partial charge on any atom is -0.379 e. The van der Waals surface area contributed by atoms with E-state index in [1.807, 2.05) is 13.0 Å². The smallest absolute Gasteiger partial charge is 0.123 e. The van der Waals surface area contributed by atoms with Crippen LogP contribution in [0.4, 0.5) is 0 Å². The minimum absolute atomic E-state index is 0.353. The molecule has 5 heteroatoms. The summed E-state index contributed by atoms with van der Waals surface area (Å²) in [6.07, 6.45) is 6.56. The SMILES string of the molecule is C=CC=C(c1nsnc1C)N1CCC(C(C)OCC)CC1. The van der Waals surface area contributed by atoms with Gasteiger partial charge in [-0.05, 0) is 45.6 Å². The lowest BCUT2D eigenvalue weighted by Gasteiger charge is -2.36. The molecule has 1 aliphatic rings. The normalized spacial score (nSPS) is 18.8. The van der Waals surface area contributed by atoms with Crippen molar-refractivity contribution in [3.63, 3.8) is 0 Å². The standard InChI is InChI=1S/C16H25N3OS/c1-5-7-15(16-12(3)17-21-18-16)19-10-8-14(9-11-19)13(4)20-6-2/h5,7,13-14H,1,6,8-11H2,2-4H3. The van der Waals surface area contributed by atoms with E-state index in [9.17, 15) is 0 Å². The number of aryl methyl sites for hydroxylation is 1. The maximum Gasteiger partial charge on any atom is 0.123 e. The second-order valence-corrected chi connectivity index (χ2v) is 6.00. The maximum absolute atomic E-state index is 5.75. The zero-order valence-electron chi connectivity index (χ0n) is 13.2. The number of rotatable bonds is 6. The molecule has 0 bridgehead atoms. The average molecular weight is 307 g/mol. The van der Waals surface area contributed by atoms with Crippen LogP contribution in [0.3, 0.4) is 0 Å². The van der Waals surface area contributed by atoms with Crippen molar-refractivity contribution in [1.29, 1.82) is 0 Å². The van der Waals surface area contributed by atoms with Crippen LogP contribution in [-0.2, 0) is 4.74 Å². The summed E-state index contributed by atoms with van der Waals surface area (Å²) in [7, 11) is 0. The number of nitrogens with zero attached hydrogens (tertiary/aromatic N) is 3. The van der Waals surface area contributed by atoms with Crippen molar-refractivity contribution in [2.24, 2.45) is 5.92 Å². The van der Waals surface area contributed by atoms with Crippen LogP contribution in [0, 0.1) is 12.8 Å². The molecular weight excluding hydrogens is 282 g/mol. The zero-order chi connectivity index (χ0) is 15.2. The van der Waals surface area contributed by atoms with E-state index in [-0.39, 0.29) is 0 Å². The molecule has 0 amide bonds. The second kappa shape index (κ2) is 7.71. The van der Waals surface area contributed by atoms with Gasteiger partial charge in [0.15, 0.2) is 0 Å².